The summed E-state index contributed by atoms with van der Waals surface area (Å²) in [5.41, 5.74) is 14.3. The van der Waals surface area contributed by atoms with Gasteiger partial charge >= 0.3 is 0 Å². The van der Waals surface area contributed by atoms with Crippen molar-refractivity contribution in [2.75, 3.05) is 13.1 Å². The monoisotopic (exact) mass is 234 g/mol. The van der Waals surface area contributed by atoms with Gasteiger partial charge in [-0.05, 0) is 55.3 Å². The van der Waals surface area contributed by atoms with E-state index in [2.05, 4.69) is 38.1 Å². The Morgan fingerprint density at radius 3 is 2.00 bits per heavy atom. The molecule has 2 nitrogen and oxygen atoms in total. The third-order valence-corrected chi connectivity index (χ3v) is 3.64. The fourth-order valence-corrected chi connectivity index (χ4v) is 2.26. The normalized spacial score (nSPS) is 13.0. The molecule has 0 saturated carbocycles. The van der Waals surface area contributed by atoms with Crippen LogP contribution in [0.15, 0.2) is 24.3 Å². The molecule has 0 fully saturated rings. The van der Waals surface area contributed by atoms with Gasteiger partial charge in [-0.1, -0.05) is 38.1 Å². The van der Waals surface area contributed by atoms with Crippen molar-refractivity contribution in [1.29, 1.82) is 0 Å². The molecule has 0 heterocycles. The SMILES string of the molecule is CCc1ccc(C(CC)CC(CN)CN)cc1. The minimum absolute atomic E-state index is 0.450. The molecule has 4 N–H and O–H groups in total. The summed E-state index contributed by atoms with van der Waals surface area (Å²) in [5, 5.41) is 0. The second-order valence-electron chi connectivity index (χ2n) is 4.77. The van der Waals surface area contributed by atoms with Crippen LogP contribution in [0.1, 0.15) is 43.7 Å². The number of nitrogens with two attached hydrogens (primary N) is 2. The Morgan fingerprint density at radius 1 is 1.00 bits per heavy atom. The highest BCUT2D eigenvalue weighted by Gasteiger charge is 2.14. The number of rotatable bonds is 7. The third-order valence-electron chi connectivity index (χ3n) is 3.64. The molecule has 1 aromatic carbocycles. The predicted octanol–water partition coefficient (Wildman–Crippen LogP) is 2.67. The molecular formula is C15H26N2. The smallest absolute Gasteiger partial charge is 0.00366 e. The lowest BCUT2D eigenvalue weighted by atomic mass is 9.86. The molecule has 17 heavy (non-hydrogen) atoms. The van der Waals surface area contributed by atoms with Crippen molar-refractivity contribution in [2.45, 2.75) is 39.0 Å². The van der Waals surface area contributed by atoms with Gasteiger partial charge in [0.15, 0.2) is 0 Å². The van der Waals surface area contributed by atoms with Crippen LogP contribution < -0.4 is 11.5 Å². The first-order valence-corrected chi connectivity index (χ1v) is 6.74. The fraction of sp³-hybridized carbons (Fsp3) is 0.600. The Morgan fingerprint density at radius 2 is 1.59 bits per heavy atom. The Bertz CT molecular complexity index is 301. The average Bonchev–Trinajstić information content (AvgIpc) is 2.40. The van der Waals surface area contributed by atoms with Crippen LogP contribution >= 0.6 is 0 Å². The van der Waals surface area contributed by atoms with E-state index in [1.54, 1.807) is 0 Å². The maximum absolute atomic E-state index is 5.73. The zero-order chi connectivity index (χ0) is 12.7. The molecule has 96 valence electrons. The number of benzene rings is 1. The molecule has 1 rings (SSSR count). The van der Waals surface area contributed by atoms with Gasteiger partial charge in [0.2, 0.25) is 0 Å². The van der Waals surface area contributed by atoms with Crippen LogP contribution in [0.5, 0.6) is 0 Å². The van der Waals surface area contributed by atoms with Gasteiger partial charge in [0, 0.05) is 0 Å². The van der Waals surface area contributed by atoms with E-state index in [4.69, 9.17) is 11.5 Å². The largest absolute Gasteiger partial charge is 0.330 e. The van der Waals surface area contributed by atoms with Crippen LogP contribution in [0.4, 0.5) is 0 Å². The third kappa shape index (κ3) is 4.14. The van der Waals surface area contributed by atoms with E-state index in [1.807, 2.05) is 0 Å². The molecule has 0 spiro atoms. The molecule has 0 bridgehead atoms. The first-order valence-electron chi connectivity index (χ1n) is 6.74. The van der Waals surface area contributed by atoms with Crippen molar-refractivity contribution in [2.24, 2.45) is 17.4 Å². The first kappa shape index (κ1) is 14.2. The summed E-state index contributed by atoms with van der Waals surface area (Å²) in [7, 11) is 0. The van der Waals surface area contributed by atoms with E-state index < -0.39 is 0 Å². The summed E-state index contributed by atoms with van der Waals surface area (Å²) in [4.78, 5) is 0. The lowest BCUT2D eigenvalue weighted by Gasteiger charge is -2.21. The van der Waals surface area contributed by atoms with Gasteiger partial charge < -0.3 is 11.5 Å². The highest BCUT2D eigenvalue weighted by atomic mass is 14.6. The van der Waals surface area contributed by atoms with Crippen LogP contribution in [0, 0.1) is 5.92 Å². The van der Waals surface area contributed by atoms with E-state index in [0.717, 1.165) is 19.3 Å². The Kier molecular flexibility index (Phi) is 6.23. The van der Waals surface area contributed by atoms with E-state index >= 15 is 0 Å². The van der Waals surface area contributed by atoms with Crippen LogP contribution in [0.3, 0.4) is 0 Å². The van der Waals surface area contributed by atoms with Crippen molar-refractivity contribution in [3.05, 3.63) is 35.4 Å². The van der Waals surface area contributed by atoms with E-state index in [0.29, 0.717) is 24.9 Å². The van der Waals surface area contributed by atoms with Gasteiger partial charge in [0.25, 0.3) is 0 Å². The molecule has 0 amide bonds. The van der Waals surface area contributed by atoms with E-state index in [9.17, 15) is 0 Å². The lowest BCUT2D eigenvalue weighted by Crippen LogP contribution is -2.25. The highest BCUT2D eigenvalue weighted by Crippen LogP contribution is 2.26. The molecule has 0 aromatic heterocycles. The summed E-state index contributed by atoms with van der Waals surface area (Å²) in [6, 6.07) is 8.99. The predicted molar refractivity (Wildman–Crippen MR) is 75.1 cm³/mol. The van der Waals surface area contributed by atoms with Gasteiger partial charge in [0.05, 0.1) is 0 Å². The minimum Gasteiger partial charge on any atom is -0.330 e. The molecule has 2 heteroatoms. The first-order chi connectivity index (χ1) is 8.24. The summed E-state index contributed by atoms with van der Waals surface area (Å²) >= 11 is 0. The standard InChI is InChI=1S/C15H26N2/c1-3-12-5-7-15(8-6-12)14(4-2)9-13(10-16)11-17/h5-8,13-14H,3-4,9-11,16-17H2,1-2H3. The second kappa shape index (κ2) is 7.46. The van der Waals surface area contributed by atoms with Gasteiger partial charge in [-0.25, -0.2) is 0 Å². The van der Waals surface area contributed by atoms with Crippen molar-refractivity contribution in [3.63, 3.8) is 0 Å². The summed E-state index contributed by atoms with van der Waals surface area (Å²) < 4.78 is 0. The molecule has 1 atom stereocenters. The number of hydrogen-bond donors (Lipinski definition) is 2. The Hall–Kier alpha value is -0.860. The molecule has 1 unspecified atom stereocenters. The van der Waals surface area contributed by atoms with Crippen molar-refractivity contribution in [1.82, 2.24) is 0 Å². The quantitative estimate of drug-likeness (QED) is 0.762. The van der Waals surface area contributed by atoms with Crippen LogP contribution in [0.2, 0.25) is 0 Å². The number of aryl methyl sites for hydroxylation is 1. The zero-order valence-electron chi connectivity index (χ0n) is 11.2. The topological polar surface area (TPSA) is 52.0 Å². The van der Waals surface area contributed by atoms with Crippen molar-refractivity contribution in [3.8, 4) is 0 Å². The van der Waals surface area contributed by atoms with Crippen LogP contribution in [-0.2, 0) is 6.42 Å². The van der Waals surface area contributed by atoms with Gasteiger partial charge in [0.1, 0.15) is 0 Å². The fourth-order valence-electron chi connectivity index (χ4n) is 2.26. The molecule has 0 aliphatic rings. The summed E-state index contributed by atoms with van der Waals surface area (Å²) in [6.45, 7) is 5.81. The van der Waals surface area contributed by atoms with Gasteiger partial charge in [-0.15, -0.1) is 0 Å². The van der Waals surface area contributed by atoms with Gasteiger partial charge in [-0.2, -0.15) is 0 Å². The molecule has 0 saturated heterocycles. The van der Waals surface area contributed by atoms with Crippen LogP contribution in [0.25, 0.3) is 0 Å². The lowest BCUT2D eigenvalue weighted by molar-refractivity contribution is 0.442. The maximum Gasteiger partial charge on any atom is -0.00366 e. The Labute approximate surface area is 105 Å². The molecule has 1 aromatic rings. The second-order valence-corrected chi connectivity index (χ2v) is 4.77. The number of hydrogen-bond acceptors (Lipinski definition) is 2. The molecular weight excluding hydrogens is 208 g/mol. The molecule has 0 aliphatic carbocycles. The summed E-state index contributed by atoms with van der Waals surface area (Å²) in [5.74, 6) is 1.05. The zero-order valence-corrected chi connectivity index (χ0v) is 11.2. The average molecular weight is 234 g/mol. The molecule has 0 aliphatic heterocycles. The van der Waals surface area contributed by atoms with Crippen LogP contribution in [-0.4, -0.2) is 13.1 Å². The maximum atomic E-state index is 5.73. The van der Waals surface area contributed by atoms with E-state index in [1.165, 1.54) is 11.1 Å². The Balaban J connectivity index is 2.71. The van der Waals surface area contributed by atoms with Gasteiger partial charge in [-0.3, -0.25) is 0 Å². The minimum atomic E-state index is 0.450. The van der Waals surface area contributed by atoms with Crippen molar-refractivity contribution < 1.29 is 0 Å². The van der Waals surface area contributed by atoms with Crippen molar-refractivity contribution >= 4 is 0 Å². The molecule has 0 radical (unpaired) electrons. The highest BCUT2D eigenvalue weighted by molar-refractivity contribution is 5.25. The summed E-state index contributed by atoms with van der Waals surface area (Å²) in [6.07, 6.45) is 3.36. The van der Waals surface area contributed by atoms with E-state index in [-0.39, 0.29) is 0 Å².